The maximum absolute atomic E-state index is 11.3. The van der Waals surface area contributed by atoms with Crippen LogP contribution in [0.15, 0.2) is 46.0 Å². The first kappa shape index (κ1) is 18.6. The molecule has 0 fully saturated rings. The molecule has 0 aliphatic heterocycles. The molecule has 3 aromatic rings. The van der Waals surface area contributed by atoms with Crippen LogP contribution in [0.2, 0.25) is 0 Å². The van der Waals surface area contributed by atoms with Crippen LogP contribution in [-0.4, -0.2) is 21.0 Å². The average molecular weight is 384 g/mol. The molecule has 0 saturated heterocycles. The van der Waals surface area contributed by atoms with E-state index in [2.05, 4.69) is 10.2 Å². The predicted octanol–water partition coefficient (Wildman–Crippen LogP) is 3.65. The summed E-state index contributed by atoms with van der Waals surface area (Å²) in [5, 5.41) is 19.6. The van der Waals surface area contributed by atoms with Crippen molar-refractivity contribution in [3.8, 4) is 11.5 Å². The monoisotopic (exact) mass is 384 g/mol. The average Bonchev–Trinajstić information content (AvgIpc) is 3.08. The minimum atomic E-state index is -0.715. The van der Waals surface area contributed by atoms with E-state index < -0.39 is 10.8 Å². The number of nitrogens with zero attached hydrogens (tertiary/aromatic N) is 3. The fraction of sp³-hybridized carbons (Fsp3) is 0.167. The highest BCUT2D eigenvalue weighted by atomic mass is 32.2. The number of carbonyl (C=O) groups is 1. The van der Waals surface area contributed by atoms with Gasteiger partial charge in [0.05, 0.1) is 4.92 Å². The van der Waals surface area contributed by atoms with Crippen molar-refractivity contribution in [3.63, 3.8) is 0 Å². The highest BCUT2D eigenvalue weighted by molar-refractivity contribution is 7.98. The van der Waals surface area contributed by atoms with E-state index in [1.807, 2.05) is 32.0 Å². The molecule has 8 nitrogen and oxygen atoms in total. The van der Waals surface area contributed by atoms with Crippen LogP contribution >= 0.6 is 11.8 Å². The molecule has 2 aromatic carbocycles. The molecule has 3 rings (SSSR count). The third kappa shape index (κ3) is 4.32. The summed E-state index contributed by atoms with van der Waals surface area (Å²) in [4.78, 5) is 21.9. The first-order valence-electron chi connectivity index (χ1n) is 7.95. The van der Waals surface area contributed by atoms with Crippen molar-refractivity contribution in [2.75, 3.05) is 0 Å². The molecule has 0 aliphatic rings. The van der Waals surface area contributed by atoms with Crippen molar-refractivity contribution >= 4 is 23.4 Å². The molecular weight excluding hydrogens is 368 g/mol. The Balaban J connectivity index is 1.79. The number of amides is 1. The molecular formula is C18H16N4O4S. The number of aryl methyl sites for hydroxylation is 2. The van der Waals surface area contributed by atoms with Crippen LogP contribution in [0.5, 0.6) is 0 Å². The van der Waals surface area contributed by atoms with E-state index in [0.717, 1.165) is 16.7 Å². The quantitative estimate of drug-likeness (QED) is 0.390. The van der Waals surface area contributed by atoms with Gasteiger partial charge in [-0.1, -0.05) is 35.0 Å². The minimum Gasteiger partial charge on any atom is -0.411 e. The first-order chi connectivity index (χ1) is 12.8. The number of primary amides is 1. The highest BCUT2D eigenvalue weighted by Gasteiger charge is 2.18. The zero-order valence-corrected chi connectivity index (χ0v) is 15.4. The van der Waals surface area contributed by atoms with Gasteiger partial charge < -0.3 is 10.2 Å². The van der Waals surface area contributed by atoms with Gasteiger partial charge in [0, 0.05) is 28.5 Å². The molecule has 0 atom stereocenters. The Morgan fingerprint density at radius 1 is 1.19 bits per heavy atom. The summed E-state index contributed by atoms with van der Waals surface area (Å²) in [5.74, 6) is -0.0840. The lowest BCUT2D eigenvalue weighted by molar-refractivity contribution is -0.385. The van der Waals surface area contributed by atoms with Crippen molar-refractivity contribution in [1.82, 2.24) is 10.2 Å². The highest BCUT2D eigenvalue weighted by Crippen LogP contribution is 2.30. The number of thioether (sulfide) groups is 1. The zero-order valence-electron chi connectivity index (χ0n) is 14.6. The summed E-state index contributed by atoms with van der Waals surface area (Å²) in [6.45, 7) is 3.97. The molecule has 2 N–H and O–H groups in total. The molecule has 1 heterocycles. The number of nitro groups is 1. The van der Waals surface area contributed by atoms with E-state index in [9.17, 15) is 14.9 Å². The second-order valence-corrected chi connectivity index (χ2v) is 6.93. The van der Waals surface area contributed by atoms with Gasteiger partial charge in [0.2, 0.25) is 11.8 Å². The third-order valence-electron chi connectivity index (χ3n) is 3.79. The van der Waals surface area contributed by atoms with Gasteiger partial charge in [0.25, 0.3) is 10.9 Å². The molecule has 1 amide bonds. The van der Waals surface area contributed by atoms with Gasteiger partial charge >= 0.3 is 0 Å². The van der Waals surface area contributed by atoms with E-state index in [1.54, 1.807) is 0 Å². The van der Waals surface area contributed by atoms with Crippen molar-refractivity contribution in [2.24, 2.45) is 5.73 Å². The molecule has 1 aromatic heterocycles. The Morgan fingerprint density at radius 3 is 2.52 bits per heavy atom. The van der Waals surface area contributed by atoms with Crippen molar-refractivity contribution in [1.29, 1.82) is 0 Å². The summed E-state index contributed by atoms with van der Waals surface area (Å²) in [6, 6.07) is 10.1. The van der Waals surface area contributed by atoms with Crippen molar-refractivity contribution in [2.45, 2.75) is 24.8 Å². The number of hydrogen-bond acceptors (Lipinski definition) is 7. The molecule has 0 unspecified atom stereocenters. The Morgan fingerprint density at radius 2 is 1.89 bits per heavy atom. The van der Waals surface area contributed by atoms with Gasteiger partial charge in [-0.15, -0.1) is 10.2 Å². The summed E-state index contributed by atoms with van der Waals surface area (Å²) in [5.41, 5.74) is 8.52. The van der Waals surface area contributed by atoms with Gasteiger partial charge in [-0.25, -0.2) is 0 Å². The predicted molar refractivity (Wildman–Crippen MR) is 100 cm³/mol. The van der Waals surface area contributed by atoms with Crippen LogP contribution in [0.1, 0.15) is 27.0 Å². The summed E-state index contributed by atoms with van der Waals surface area (Å²) >= 11 is 1.18. The second-order valence-electron chi connectivity index (χ2n) is 6.00. The topological polar surface area (TPSA) is 125 Å². The minimum absolute atomic E-state index is 0.0883. The first-order valence-corrected chi connectivity index (χ1v) is 8.94. The Kier molecular flexibility index (Phi) is 5.22. The Labute approximate surface area is 158 Å². The lowest BCUT2D eigenvalue weighted by Gasteiger charge is -2.03. The van der Waals surface area contributed by atoms with Gasteiger partial charge in [-0.3, -0.25) is 14.9 Å². The SMILES string of the molecule is Cc1cc(C)cc(-c2nnc(SCc3ccc(C(N)=O)cc3[N+](=O)[O-])o2)c1. The maximum atomic E-state index is 11.3. The molecule has 0 spiro atoms. The number of benzene rings is 2. The molecule has 9 heteroatoms. The molecule has 138 valence electrons. The molecule has 27 heavy (non-hydrogen) atoms. The summed E-state index contributed by atoms with van der Waals surface area (Å²) < 4.78 is 5.66. The van der Waals surface area contributed by atoms with Crippen molar-refractivity contribution < 1.29 is 14.1 Å². The number of nitro benzene ring substituents is 1. The number of rotatable bonds is 6. The van der Waals surface area contributed by atoms with Gasteiger partial charge in [0.1, 0.15) is 0 Å². The third-order valence-corrected chi connectivity index (χ3v) is 4.66. The standard InChI is InChI=1S/C18H16N4O4S/c1-10-5-11(2)7-14(6-10)17-20-21-18(26-17)27-9-13-4-3-12(16(19)23)8-15(13)22(24)25/h3-8H,9H2,1-2H3,(H2,19,23). The van der Waals surface area contributed by atoms with Crippen LogP contribution in [0.25, 0.3) is 11.5 Å². The number of hydrogen-bond donors (Lipinski definition) is 1. The zero-order chi connectivity index (χ0) is 19.6. The van der Waals surface area contributed by atoms with Crippen molar-refractivity contribution in [3.05, 3.63) is 68.8 Å². The van der Waals surface area contributed by atoms with E-state index >= 15 is 0 Å². The largest absolute Gasteiger partial charge is 0.411 e. The molecule has 0 aliphatic carbocycles. The van der Waals surface area contributed by atoms with Crippen LogP contribution in [-0.2, 0) is 5.75 Å². The molecule has 0 radical (unpaired) electrons. The number of nitrogens with two attached hydrogens (primary N) is 1. The number of aromatic nitrogens is 2. The van der Waals surface area contributed by atoms with E-state index in [4.69, 9.17) is 10.2 Å². The molecule has 0 saturated carbocycles. The summed E-state index contributed by atoms with van der Waals surface area (Å²) in [6.07, 6.45) is 0. The molecule has 0 bridgehead atoms. The van der Waals surface area contributed by atoms with Crippen LogP contribution in [0.3, 0.4) is 0 Å². The van der Waals surface area contributed by atoms with Crippen LogP contribution in [0, 0.1) is 24.0 Å². The Bertz CT molecular complexity index is 1010. The smallest absolute Gasteiger partial charge is 0.277 e. The van der Waals surface area contributed by atoms with Gasteiger partial charge in [-0.05, 0) is 32.0 Å². The van der Waals surface area contributed by atoms with E-state index in [1.165, 1.54) is 30.0 Å². The van der Waals surface area contributed by atoms with E-state index in [0.29, 0.717) is 16.7 Å². The van der Waals surface area contributed by atoms with E-state index in [-0.39, 0.29) is 17.0 Å². The maximum Gasteiger partial charge on any atom is 0.277 e. The second kappa shape index (κ2) is 7.58. The van der Waals surface area contributed by atoms with Gasteiger partial charge in [-0.2, -0.15) is 0 Å². The fourth-order valence-corrected chi connectivity index (χ4v) is 3.39. The Hall–Kier alpha value is -3.20. The fourth-order valence-electron chi connectivity index (χ4n) is 2.63. The summed E-state index contributed by atoms with van der Waals surface area (Å²) in [7, 11) is 0. The number of carbonyl (C=O) groups excluding carboxylic acids is 1. The van der Waals surface area contributed by atoms with Crippen LogP contribution < -0.4 is 5.73 Å². The lowest BCUT2D eigenvalue weighted by Crippen LogP contribution is -2.11. The van der Waals surface area contributed by atoms with Crippen LogP contribution in [0.4, 0.5) is 5.69 Å². The van der Waals surface area contributed by atoms with Gasteiger partial charge in [0.15, 0.2) is 0 Å². The normalized spacial score (nSPS) is 10.7. The lowest BCUT2D eigenvalue weighted by atomic mass is 10.1.